The lowest BCUT2D eigenvalue weighted by Crippen LogP contribution is -2.21. The minimum absolute atomic E-state index is 0.0409. The SMILES string of the molecule is CCC(=O)NCc1ccc(C2=NOC(C3=CC=CC(C)(C)C=C3)C2)c2c1OCC2. The van der Waals surface area contributed by atoms with Gasteiger partial charge in [0.1, 0.15) is 5.75 Å². The van der Waals surface area contributed by atoms with Gasteiger partial charge in [-0.3, -0.25) is 4.79 Å². The Morgan fingerprint density at radius 1 is 1.31 bits per heavy atom. The Kier molecular flexibility index (Phi) is 5.31. The zero-order valence-electron chi connectivity index (χ0n) is 17.3. The van der Waals surface area contributed by atoms with E-state index in [0.717, 1.165) is 41.0 Å². The van der Waals surface area contributed by atoms with E-state index in [1.165, 1.54) is 5.56 Å². The van der Waals surface area contributed by atoms with E-state index in [0.29, 0.717) is 19.6 Å². The maximum atomic E-state index is 11.6. The summed E-state index contributed by atoms with van der Waals surface area (Å²) < 4.78 is 5.90. The highest BCUT2D eigenvalue weighted by atomic mass is 16.6. The number of oxime groups is 1. The lowest BCUT2D eigenvalue weighted by atomic mass is 9.92. The minimum Gasteiger partial charge on any atom is -0.493 e. The van der Waals surface area contributed by atoms with Crippen LogP contribution in [0.5, 0.6) is 5.75 Å². The molecule has 5 heteroatoms. The highest BCUT2D eigenvalue weighted by Crippen LogP contribution is 2.36. The van der Waals surface area contributed by atoms with Crippen LogP contribution in [0.1, 0.15) is 50.3 Å². The van der Waals surface area contributed by atoms with Gasteiger partial charge in [-0.1, -0.05) is 68.4 Å². The minimum atomic E-state index is -0.0682. The summed E-state index contributed by atoms with van der Waals surface area (Å²) in [6, 6.07) is 4.12. The van der Waals surface area contributed by atoms with Crippen LogP contribution in [0, 0.1) is 5.41 Å². The molecule has 1 unspecified atom stereocenters. The molecule has 3 aliphatic rings. The van der Waals surface area contributed by atoms with E-state index in [4.69, 9.17) is 9.57 Å². The van der Waals surface area contributed by atoms with Gasteiger partial charge >= 0.3 is 0 Å². The zero-order valence-corrected chi connectivity index (χ0v) is 17.3. The predicted molar refractivity (Wildman–Crippen MR) is 114 cm³/mol. The molecule has 1 atom stereocenters. The number of benzene rings is 1. The van der Waals surface area contributed by atoms with Crippen LogP contribution in [-0.4, -0.2) is 24.3 Å². The van der Waals surface area contributed by atoms with Crippen molar-refractivity contribution in [2.24, 2.45) is 10.6 Å². The van der Waals surface area contributed by atoms with Crippen molar-refractivity contribution in [1.82, 2.24) is 5.32 Å². The maximum Gasteiger partial charge on any atom is 0.219 e. The molecule has 0 radical (unpaired) electrons. The van der Waals surface area contributed by atoms with Crippen LogP contribution >= 0.6 is 0 Å². The number of nitrogens with zero attached hydrogens (tertiary/aromatic N) is 1. The van der Waals surface area contributed by atoms with E-state index in [2.05, 4.69) is 60.8 Å². The van der Waals surface area contributed by atoms with Gasteiger partial charge in [-0.2, -0.15) is 0 Å². The van der Waals surface area contributed by atoms with Crippen molar-refractivity contribution >= 4 is 11.6 Å². The summed E-state index contributed by atoms with van der Waals surface area (Å²) in [5.74, 6) is 0.933. The van der Waals surface area contributed by atoms with Crippen LogP contribution in [0.2, 0.25) is 0 Å². The number of hydrogen-bond acceptors (Lipinski definition) is 4. The number of allylic oxidation sites excluding steroid dienone is 4. The number of rotatable bonds is 5. The average Bonchev–Trinajstić information content (AvgIpc) is 3.35. The van der Waals surface area contributed by atoms with Crippen LogP contribution in [0.4, 0.5) is 0 Å². The van der Waals surface area contributed by atoms with E-state index < -0.39 is 0 Å². The predicted octanol–water partition coefficient (Wildman–Crippen LogP) is 4.22. The van der Waals surface area contributed by atoms with Gasteiger partial charge in [0.15, 0.2) is 6.10 Å². The smallest absolute Gasteiger partial charge is 0.219 e. The molecular formula is C24H28N2O3. The monoisotopic (exact) mass is 392 g/mol. The average molecular weight is 392 g/mol. The molecule has 1 aliphatic carbocycles. The molecule has 0 aromatic heterocycles. The first-order chi connectivity index (χ1) is 14.0. The molecule has 2 aliphatic heterocycles. The van der Waals surface area contributed by atoms with E-state index in [1.807, 2.05) is 13.0 Å². The summed E-state index contributed by atoms with van der Waals surface area (Å²) in [6.45, 7) is 7.36. The molecule has 4 rings (SSSR count). The fourth-order valence-corrected chi connectivity index (χ4v) is 3.85. The summed E-state index contributed by atoms with van der Waals surface area (Å²) in [6.07, 6.45) is 12.8. The van der Waals surface area contributed by atoms with Crippen molar-refractivity contribution < 1.29 is 14.4 Å². The summed E-state index contributed by atoms with van der Waals surface area (Å²) >= 11 is 0. The quantitative estimate of drug-likeness (QED) is 0.816. The molecule has 0 spiro atoms. The molecular weight excluding hydrogens is 364 g/mol. The van der Waals surface area contributed by atoms with Crippen molar-refractivity contribution in [3.63, 3.8) is 0 Å². The fourth-order valence-electron chi connectivity index (χ4n) is 3.85. The standard InChI is InChI=1S/C24H28N2O3/c1-4-22(27)25-15-17-7-8-18(19-10-13-28-23(17)19)20-14-21(29-26-20)16-6-5-11-24(2,3)12-9-16/h5-9,11-12,21H,4,10,13-15H2,1-3H3,(H,25,27). The Balaban J connectivity index is 1.52. The van der Waals surface area contributed by atoms with Gasteiger partial charge in [-0.15, -0.1) is 0 Å². The number of ether oxygens (including phenoxy) is 1. The van der Waals surface area contributed by atoms with Crippen molar-refractivity contribution in [2.45, 2.75) is 52.7 Å². The molecule has 5 nitrogen and oxygen atoms in total. The number of fused-ring (bicyclic) bond motifs is 1. The summed E-state index contributed by atoms with van der Waals surface area (Å²) in [5.41, 5.74) is 5.42. The van der Waals surface area contributed by atoms with Gasteiger partial charge in [0.05, 0.1) is 12.3 Å². The van der Waals surface area contributed by atoms with Gasteiger partial charge in [0.2, 0.25) is 5.91 Å². The van der Waals surface area contributed by atoms with Crippen LogP contribution in [0.15, 0.2) is 53.2 Å². The van der Waals surface area contributed by atoms with E-state index in [-0.39, 0.29) is 17.4 Å². The highest BCUT2D eigenvalue weighted by molar-refractivity contribution is 6.03. The van der Waals surface area contributed by atoms with E-state index in [9.17, 15) is 4.79 Å². The third kappa shape index (κ3) is 4.14. The second-order valence-corrected chi connectivity index (χ2v) is 8.33. The molecule has 0 saturated heterocycles. The number of carbonyl (C=O) groups is 1. The Morgan fingerprint density at radius 3 is 3.00 bits per heavy atom. The molecule has 0 bridgehead atoms. The number of amides is 1. The summed E-state index contributed by atoms with van der Waals surface area (Å²) in [4.78, 5) is 17.4. The van der Waals surface area contributed by atoms with Gasteiger partial charge < -0.3 is 14.9 Å². The Hall–Kier alpha value is -2.82. The fraction of sp³-hybridized carbons (Fsp3) is 0.417. The van der Waals surface area contributed by atoms with Gasteiger partial charge in [0, 0.05) is 47.9 Å². The first-order valence-electron chi connectivity index (χ1n) is 10.3. The molecule has 1 aromatic rings. The normalized spacial score (nSPS) is 21.6. The van der Waals surface area contributed by atoms with Gasteiger partial charge in [-0.25, -0.2) is 0 Å². The van der Waals surface area contributed by atoms with Gasteiger partial charge in [0.25, 0.3) is 0 Å². The van der Waals surface area contributed by atoms with Crippen molar-refractivity contribution in [3.05, 3.63) is 64.8 Å². The third-order valence-corrected chi connectivity index (χ3v) is 5.61. The molecule has 1 N–H and O–H groups in total. The van der Waals surface area contributed by atoms with Crippen LogP contribution in [0.3, 0.4) is 0 Å². The van der Waals surface area contributed by atoms with Crippen molar-refractivity contribution in [2.75, 3.05) is 6.61 Å². The topological polar surface area (TPSA) is 59.9 Å². The van der Waals surface area contributed by atoms with Gasteiger partial charge in [-0.05, 0) is 5.57 Å². The first-order valence-corrected chi connectivity index (χ1v) is 10.3. The third-order valence-electron chi connectivity index (χ3n) is 5.61. The second-order valence-electron chi connectivity index (χ2n) is 8.33. The van der Waals surface area contributed by atoms with Crippen LogP contribution in [-0.2, 0) is 22.6 Å². The molecule has 1 aromatic carbocycles. The number of carbonyl (C=O) groups excluding carboxylic acids is 1. The maximum absolute atomic E-state index is 11.6. The molecule has 0 fully saturated rings. The first kappa shape index (κ1) is 19.5. The number of nitrogens with one attached hydrogen (secondary N) is 1. The Labute approximate surface area is 172 Å². The lowest BCUT2D eigenvalue weighted by molar-refractivity contribution is -0.120. The van der Waals surface area contributed by atoms with Crippen molar-refractivity contribution in [1.29, 1.82) is 0 Å². The van der Waals surface area contributed by atoms with Crippen LogP contribution < -0.4 is 10.1 Å². The Morgan fingerprint density at radius 2 is 2.17 bits per heavy atom. The second kappa shape index (κ2) is 7.90. The largest absolute Gasteiger partial charge is 0.493 e. The molecule has 152 valence electrons. The number of hydrogen-bond donors (Lipinski definition) is 1. The zero-order chi connectivity index (χ0) is 20.4. The Bertz CT molecular complexity index is 938. The molecule has 29 heavy (non-hydrogen) atoms. The molecule has 1 amide bonds. The molecule has 0 saturated carbocycles. The lowest BCUT2D eigenvalue weighted by Gasteiger charge is -2.14. The van der Waals surface area contributed by atoms with E-state index >= 15 is 0 Å². The summed E-state index contributed by atoms with van der Waals surface area (Å²) in [5, 5.41) is 7.35. The molecule has 2 heterocycles. The summed E-state index contributed by atoms with van der Waals surface area (Å²) in [7, 11) is 0. The van der Waals surface area contributed by atoms with Crippen molar-refractivity contribution in [3.8, 4) is 5.75 Å². The highest BCUT2D eigenvalue weighted by Gasteiger charge is 2.29. The van der Waals surface area contributed by atoms with Crippen LogP contribution in [0.25, 0.3) is 0 Å². The van der Waals surface area contributed by atoms with E-state index in [1.54, 1.807) is 0 Å².